The van der Waals surface area contributed by atoms with Crippen molar-refractivity contribution in [3.05, 3.63) is 112 Å². The normalized spacial score (nSPS) is 25.2. The highest BCUT2D eigenvalue weighted by atomic mass is 79.9. The van der Waals surface area contributed by atoms with Gasteiger partial charge in [-0.2, -0.15) is 0 Å². The van der Waals surface area contributed by atoms with Crippen LogP contribution in [0.2, 0.25) is 0 Å². The maximum atomic E-state index is 11.6. The Morgan fingerprint density at radius 3 is 1.62 bits per heavy atom. The third-order valence-corrected chi connectivity index (χ3v) is 14.6. The molecule has 2 aromatic heterocycles. The third kappa shape index (κ3) is 14.4. The topological polar surface area (TPSA) is 267 Å². The second-order valence-corrected chi connectivity index (χ2v) is 21.4. The van der Waals surface area contributed by atoms with Crippen LogP contribution in [0.3, 0.4) is 0 Å². The predicted molar refractivity (Wildman–Crippen MR) is 288 cm³/mol. The molecule has 0 amide bonds. The van der Waals surface area contributed by atoms with E-state index in [9.17, 15) is 30.0 Å². The number of aliphatic hydroxyl groups is 4. The molecule has 0 aliphatic carbocycles. The van der Waals surface area contributed by atoms with Gasteiger partial charge in [-0.15, -0.1) is 20.4 Å². The zero-order chi connectivity index (χ0) is 56.8. The van der Waals surface area contributed by atoms with E-state index in [-0.39, 0.29) is 48.8 Å². The molecule has 0 spiro atoms. The van der Waals surface area contributed by atoms with Gasteiger partial charge in [-0.1, -0.05) is 60.1 Å². The Morgan fingerprint density at radius 2 is 1.12 bits per heavy atom. The van der Waals surface area contributed by atoms with E-state index in [2.05, 4.69) is 36.3 Å². The Morgan fingerprint density at radius 1 is 0.615 bits per heavy atom. The maximum absolute atomic E-state index is 11.6. The number of nitrogens with zero attached hydrogens (tertiary/aromatic N) is 4. The summed E-state index contributed by atoms with van der Waals surface area (Å²) in [5, 5.41) is 55.0. The summed E-state index contributed by atoms with van der Waals surface area (Å²) in [4.78, 5) is 22.7. The molecule has 20 nitrogen and oxygen atoms in total. The third-order valence-electron chi connectivity index (χ3n) is 14.1. The molecule has 4 aromatic carbocycles. The lowest BCUT2D eigenvalue weighted by Crippen LogP contribution is -2.60. The lowest BCUT2D eigenvalue weighted by Gasteiger charge is -2.43. The minimum absolute atomic E-state index is 0.0181. The van der Waals surface area contributed by atoms with Gasteiger partial charge >= 0.3 is 19.1 Å². The van der Waals surface area contributed by atoms with Crippen LogP contribution in [0.1, 0.15) is 78.3 Å². The number of hydrogen-bond donors (Lipinski definition) is 4. The molecular formula is C56H68BBrN4O16. The molecule has 9 rings (SSSR count). The van der Waals surface area contributed by atoms with Crippen LogP contribution in [0.4, 0.5) is 0 Å². The lowest BCUT2D eigenvalue weighted by molar-refractivity contribution is -0.277. The van der Waals surface area contributed by atoms with Crippen LogP contribution in [0.25, 0.3) is 34.0 Å². The summed E-state index contributed by atoms with van der Waals surface area (Å²) in [5.41, 5.74) is 5.65. The van der Waals surface area contributed by atoms with Gasteiger partial charge in [-0.05, 0) is 130 Å². The van der Waals surface area contributed by atoms with Crippen molar-refractivity contribution in [1.29, 1.82) is 0 Å². The predicted octanol–water partition coefficient (Wildman–Crippen LogP) is 7.17. The molecule has 5 heterocycles. The van der Waals surface area contributed by atoms with Crippen LogP contribution >= 0.6 is 15.9 Å². The zero-order valence-electron chi connectivity index (χ0n) is 45.7. The van der Waals surface area contributed by atoms with E-state index in [4.69, 9.17) is 46.6 Å². The minimum Gasteiger partial charge on any atom is -0.463 e. The molecule has 6 aromatic rings. The van der Waals surface area contributed by atoms with Crippen LogP contribution < -0.4 is 14.9 Å². The van der Waals surface area contributed by atoms with Crippen molar-refractivity contribution in [3.8, 4) is 45.5 Å². The molecule has 4 N–H and O–H groups in total. The Balaban J connectivity index is 0.000000173. The molecule has 78 heavy (non-hydrogen) atoms. The van der Waals surface area contributed by atoms with E-state index in [1.807, 2.05) is 134 Å². The van der Waals surface area contributed by atoms with E-state index in [1.54, 1.807) is 19.9 Å². The molecule has 22 heteroatoms. The summed E-state index contributed by atoms with van der Waals surface area (Å²) >= 11 is 3.42. The first kappa shape index (κ1) is 59.6. The molecule has 3 aliphatic rings. The van der Waals surface area contributed by atoms with Crippen molar-refractivity contribution < 1.29 is 76.6 Å². The van der Waals surface area contributed by atoms with E-state index in [0.717, 1.165) is 43.3 Å². The molecule has 10 unspecified atom stereocenters. The molecule has 0 radical (unpaired) electrons. The molecule has 418 valence electrons. The van der Waals surface area contributed by atoms with Gasteiger partial charge in [-0.25, -0.2) is 0 Å². The van der Waals surface area contributed by atoms with Gasteiger partial charge in [0.15, 0.2) is 6.10 Å². The first-order valence-electron chi connectivity index (χ1n) is 25.5. The summed E-state index contributed by atoms with van der Waals surface area (Å²) in [7, 11) is -0.353. The second kappa shape index (κ2) is 25.4. The first-order valence-corrected chi connectivity index (χ1v) is 26.3. The Bertz CT molecular complexity index is 2950. The SMILES string of the molecule is CC(=O)OCC1OC(Oc2ccc(Br)cc2C)C(OC(C)=O)C(C)C1C.Cc1nnc(-c2ccc(-c3ccc(OC4OC(CO)C(O)C(O)C4O)c(C)c3)cc2)o1.Cc1nnc(-c2ccc(B3OC(C)(C)C(C)(C)O3)cc2)o1. The number of hydrogen-bond acceptors (Lipinski definition) is 20. The fraction of sp³-hybridized carbons (Fsp3) is 0.464. The van der Waals surface area contributed by atoms with Crippen molar-refractivity contribution in [1.82, 2.24) is 20.4 Å². The number of halogens is 1. The number of aromatic nitrogens is 4. The summed E-state index contributed by atoms with van der Waals surface area (Å²) in [6.07, 6.45) is -8.32. The fourth-order valence-corrected chi connectivity index (χ4v) is 9.09. The molecule has 3 saturated heterocycles. The highest BCUT2D eigenvalue weighted by Gasteiger charge is 2.52. The van der Waals surface area contributed by atoms with Crippen molar-refractivity contribution in [2.75, 3.05) is 13.2 Å². The number of carbonyl (C=O) groups is 2. The number of aryl methyl sites for hydroxylation is 4. The fourth-order valence-electron chi connectivity index (χ4n) is 8.61. The molecule has 0 saturated carbocycles. The van der Waals surface area contributed by atoms with Gasteiger partial charge in [0.2, 0.25) is 36.1 Å². The van der Waals surface area contributed by atoms with E-state index in [1.165, 1.54) is 13.8 Å². The Hall–Kier alpha value is -6.08. The number of carbonyl (C=O) groups excluding carboxylic acids is 2. The number of rotatable bonds is 12. The van der Waals surface area contributed by atoms with Crippen molar-refractivity contribution >= 4 is 40.4 Å². The van der Waals surface area contributed by atoms with Crippen LogP contribution in [-0.4, -0.2) is 133 Å². The van der Waals surface area contributed by atoms with Gasteiger partial charge in [0.25, 0.3) is 0 Å². The Labute approximate surface area is 462 Å². The number of benzene rings is 4. The van der Waals surface area contributed by atoms with Crippen molar-refractivity contribution in [2.45, 2.75) is 143 Å². The largest absolute Gasteiger partial charge is 0.494 e. The van der Waals surface area contributed by atoms with Crippen molar-refractivity contribution in [3.63, 3.8) is 0 Å². The van der Waals surface area contributed by atoms with Crippen LogP contribution in [0.5, 0.6) is 11.5 Å². The molecular weight excluding hydrogens is 1080 g/mol. The van der Waals surface area contributed by atoms with Gasteiger partial charge in [-0.3, -0.25) is 9.59 Å². The Kier molecular flexibility index (Phi) is 19.4. The number of esters is 2. The van der Waals surface area contributed by atoms with E-state index < -0.39 is 55.7 Å². The summed E-state index contributed by atoms with van der Waals surface area (Å²) < 4.78 is 57.7. The quantitative estimate of drug-likeness (QED) is 0.0698. The molecule has 3 aliphatic heterocycles. The maximum Gasteiger partial charge on any atom is 0.494 e. The van der Waals surface area contributed by atoms with Crippen molar-refractivity contribution in [2.24, 2.45) is 11.8 Å². The van der Waals surface area contributed by atoms with Gasteiger partial charge in [0, 0.05) is 49.2 Å². The van der Waals surface area contributed by atoms with E-state index >= 15 is 0 Å². The van der Waals surface area contributed by atoms with Gasteiger partial charge in [0.1, 0.15) is 42.5 Å². The first-order chi connectivity index (χ1) is 36.8. The van der Waals surface area contributed by atoms with Crippen LogP contribution in [-0.2, 0) is 37.8 Å². The average molecular weight is 1140 g/mol. The van der Waals surface area contributed by atoms with E-state index in [0.29, 0.717) is 35.1 Å². The smallest absolute Gasteiger partial charge is 0.463 e. The van der Waals surface area contributed by atoms with Gasteiger partial charge in [0.05, 0.1) is 23.9 Å². The lowest BCUT2D eigenvalue weighted by atomic mass is 9.79. The number of aliphatic hydroxyl groups excluding tert-OH is 4. The second-order valence-electron chi connectivity index (χ2n) is 20.5. The summed E-state index contributed by atoms with van der Waals surface area (Å²) in [5.74, 6) is 2.36. The highest BCUT2D eigenvalue weighted by Crippen LogP contribution is 2.38. The monoisotopic (exact) mass is 1140 g/mol. The minimum atomic E-state index is -1.49. The van der Waals surface area contributed by atoms with Crippen LogP contribution in [0, 0.1) is 39.5 Å². The molecule has 3 fully saturated rings. The van der Waals surface area contributed by atoms with Crippen LogP contribution in [0.15, 0.2) is 98.2 Å². The average Bonchev–Trinajstić information content (AvgIpc) is 4.16. The number of ether oxygens (including phenoxy) is 6. The summed E-state index contributed by atoms with van der Waals surface area (Å²) in [6, 6.07) is 26.7. The highest BCUT2D eigenvalue weighted by molar-refractivity contribution is 9.10. The zero-order valence-corrected chi connectivity index (χ0v) is 47.3. The summed E-state index contributed by atoms with van der Waals surface area (Å²) in [6.45, 7) is 21.8. The standard InChI is InChI=1S/C22H24N2O7.C19H25BrO6.C15H19BN2O3/c1-11-9-15(13-3-5-14(6-4-13)21-24-23-12(2)29-21)7-8-16(11)30-22-20(28)19(27)18(26)17(10-25)31-22;1-10-8-15(20)6-7-16(10)25-19-18(24-14(5)22)12(3)11(2)17(26-19)9-23-13(4)21;1-10-17-18-13(19-10)11-6-8-12(9-7-11)16-20-14(2,3)15(4,5)21-16/h3-9,17-20,22,25-28H,10H2,1-2H3;6-8,11-12,17-19H,9H2,1-5H3;6-9H,1-5H3. The molecule has 10 atom stereocenters. The molecule has 0 bridgehead atoms. The van der Waals surface area contributed by atoms with Gasteiger partial charge < -0.3 is 67.0 Å².